The molecule has 0 bridgehead atoms. The predicted molar refractivity (Wildman–Crippen MR) is 76.0 cm³/mol. The van der Waals surface area contributed by atoms with Gasteiger partial charge in [0.05, 0.1) is 0 Å². The number of carbonyl (C=O) groups excluding carboxylic acids is 1. The van der Waals surface area contributed by atoms with E-state index < -0.39 is 6.16 Å². The molecule has 0 aromatic carbocycles. The molecule has 0 aliphatic carbocycles. The van der Waals surface area contributed by atoms with E-state index in [1.54, 1.807) is 0 Å². The van der Waals surface area contributed by atoms with Crippen LogP contribution in [0.5, 0.6) is 0 Å². The van der Waals surface area contributed by atoms with Gasteiger partial charge in [-0.1, -0.05) is 39.5 Å². The van der Waals surface area contributed by atoms with Crippen LogP contribution in [0.25, 0.3) is 0 Å². The van der Waals surface area contributed by atoms with Gasteiger partial charge in [0, 0.05) is 0 Å². The predicted octanol–water partition coefficient (Wildman–Crippen LogP) is 3.99. The highest BCUT2D eigenvalue weighted by molar-refractivity contribution is 5.60. The summed E-state index contributed by atoms with van der Waals surface area (Å²) in [7, 11) is 0. The second-order valence-electron chi connectivity index (χ2n) is 5.30. The Bertz CT molecular complexity index is 240. The summed E-state index contributed by atoms with van der Waals surface area (Å²) in [6.07, 6.45) is 9.32. The monoisotopic (exact) mass is 271 g/mol. The van der Waals surface area contributed by atoms with Crippen LogP contribution in [0.2, 0.25) is 0 Å². The summed E-state index contributed by atoms with van der Waals surface area (Å²) in [4.78, 5) is 11.6. The Balaban J connectivity index is 2.10. The van der Waals surface area contributed by atoms with Crippen molar-refractivity contribution in [2.75, 3.05) is 6.54 Å². The van der Waals surface area contributed by atoms with Crippen LogP contribution in [-0.2, 0) is 9.47 Å². The van der Waals surface area contributed by atoms with Crippen molar-refractivity contribution in [3.63, 3.8) is 0 Å². The fourth-order valence-corrected chi connectivity index (χ4v) is 2.36. The van der Waals surface area contributed by atoms with Gasteiger partial charge < -0.3 is 9.47 Å². The van der Waals surface area contributed by atoms with Crippen LogP contribution in [0, 0.1) is 0 Å². The van der Waals surface area contributed by atoms with Crippen molar-refractivity contribution in [1.82, 2.24) is 5.32 Å². The zero-order chi connectivity index (χ0) is 13.9. The Labute approximate surface area is 117 Å². The second-order valence-corrected chi connectivity index (χ2v) is 5.30. The summed E-state index contributed by atoms with van der Waals surface area (Å²) in [5.41, 5.74) is 0. The molecule has 1 aliphatic heterocycles. The van der Waals surface area contributed by atoms with Crippen LogP contribution in [0.4, 0.5) is 4.79 Å². The Morgan fingerprint density at radius 1 is 1.26 bits per heavy atom. The molecule has 1 heterocycles. The molecule has 2 atom stereocenters. The van der Waals surface area contributed by atoms with E-state index in [4.69, 9.17) is 9.47 Å². The second kappa shape index (κ2) is 10.1. The van der Waals surface area contributed by atoms with E-state index in [1.165, 1.54) is 25.7 Å². The first-order valence-corrected chi connectivity index (χ1v) is 7.86. The maximum Gasteiger partial charge on any atom is 0.510 e. The number of nitrogens with one attached hydrogen (secondary N) is 1. The van der Waals surface area contributed by atoms with Crippen LogP contribution in [0.3, 0.4) is 0 Å². The van der Waals surface area contributed by atoms with Crippen molar-refractivity contribution in [2.24, 2.45) is 0 Å². The molecular weight excluding hydrogens is 242 g/mol. The van der Waals surface area contributed by atoms with Crippen molar-refractivity contribution >= 4 is 6.16 Å². The van der Waals surface area contributed by atoms with Crippen molar-refractivity contribution < 1.29 is 14.3 Å². The fourth-order valence-electron chi connectivity index (χ4n) is 2.36. The van der Waals surface area contributed by atoms with Gasteiger partial charge in [0.1, 0.15) is 6.10 Å². The third-order valence-electron chi connectivity index (χ3n) is 3.60. The quantitative estimate of drug-likeness (QED) is 0.509. The molecule has 0 saturated carbocycles. The van der Waals surface area contributed by atoms with Gasteiger partial charge in [0.15, 0.2) is 6.23 Å². The summed E-state index contributed by atoms with van der Waals surface area (Å²) in [6.45, 7) is 5.19. The average Bonchev–Trinajstić information content (AvgIpc) is 2.89. The first kappa shape index (κ1) is 16.3. The minimum atomic E-state index is -0.514. The summed E-state index contributed by atoms with van der Waals surface area (Å²) >= 11 is 0. The zero-order valence-electron chi connectivity index (χ0n) is 12.5. The molecule has 0 amide bonds. The topological polar surface area (TPSA) is 47.6 Å². The summed E-state index contributed by atoms with van der Waals surface area (Å²) in [6, 6.07) is 0. The van der Waals surface area contributed by atoms with Gasteiger partial charge in [0.25, 0.3) is 0 Å². The molecule has 2 unspecified atom stereocenters. The van der Waals surface area contributed by atoms with E-state index in [1.807, 2.05) is 0 Å². The van der Waals surface area contributed by atoms with Crippen molar-refractivity contribution in [3.05, 3.63) is 0 Å². The smallest absolute Gasteiger partial charge is 0.431 e. The number of rotatable bonds is 9. The van der Waals surface area contributed by atoms with Gasteiger partial charge in [-0.3, -0.25) is 5.32 Å². The molecule has 0 aromatic rings. The summed E-state index contributed by atoms with van der Waals surface area (Å²) in [5.74, 6) is 0. The van der Waals surface area contributed by atoms with Crippen molar-refractivity contribution in [1.29, 1.82) is 0 Å². The molecule has 1 aliphatic rings. The van der Waals surface area contributed by atoms with E-state index in [0.717, 1.165) is 38.6 Å². The molecule has 4 nitrogen and oxygen atoms in total. The number of hydrogen-bond donors (Lipinski definition) is 1. The molecular formula is C15H29NO3. The third-order valence-corrected chi connectivity index (χ3v) is 3.60. The standard InChI is InChI=1S/C15H29NO3/c1-3-5-6-7-8-10-13(4-2)18-15(17)19-14-11-9-12-16-14/h13-14,16H,3-12H2,1-2H3. The lowest BCUT2D eigenvalue weighted by Gasteiger charge is -2.18. The molecule has 1 fully saturated rings. The number of carbonyl (C=O) groups is 1. The molecule has 1 rings (SSSR count). The molecule has 1 N–H and O–H groups in total. The maximum atomic E-state index is 11.6. The van der Waals surface area contributed by atoms with Gasteiger partial charge in [-0.05, 0) is 38.6 Å². The number of ether oxygens (including phenoxy) is 2. The molecule has 0 radical (unpaired) electrons. The summed E-state index contributed by atoms with van der Waals surface area (Å²) < 4.78 is 10.6. The van der Waals surface area contributed by atoms with Gasteiger partial charge in [-0.2, -0.15) is 0 Å². The SMILES string of the molecule is CCCCCCCC(CC)OC(=O)OC1CCCN1. The molecule has 0 aromatic heterocycles. The van der Waals surface area contributed by atoms with Crippen molar-refractivity contribution in [3.8, 4) is 0 Å². The molecule has 19 heavy (non-hydrogen) atoms. The lowest BCUT2D eigenvalue weighted by atomic mass is 10.1. The lowest BCUT2D eigenvalue weighted by Crippen LogP contribution is -2.29. The van der Waals surface area contributed by atoms with E-state index in [-0.39, 0.29) is 12.3 Å². The molecule has 0 spiro atoms. The number of unbranched alkanes of at least 4 members (excludes halogenated alkanes) is 4. The minimum Gasteiger partial charge on any atom is -0.431 e. The Kier molecular flexibility index (Phi) is 8.63. The van der Waals surface area contributed by atoms with Gasteiger partial charge >= 0.3 is 6.16 Å². The molecule has 112 valence electrons. The summed E-state index contributed by atoms with van der Waals surface area (Å²) in [5, 5.41) is 3.12. The van der Waals surface area contributed by atoms with E-state index in [9.17, 15) is 4.79 Å². The highest BCUT2D eigenvalue weighted by Gasteiger charge is 2.21. The first-order chi connectivity index (χ1) is 9.26. The van der Waals surface area contributed by atoms with Crippen LogP contribution in [-0.4, -0.2) is 25.0 Å². The van der Waals surface area contributed by atoms with Gasteiger partial charge in [0.2, 0.25) is 0 Å². The minimum absolute atomic E-state index is 0.00975. The average molecular weight is 271 g/mol. The Hall–Kier alpha value is -0.770. The lowest BCUT2D eigenvalue weighted by molar-refractivity contribution is -0.00879. The molecule has 4 heteroatoms. The first-order valence-electron chi connectivity index (χ1n) is 7.86. The number of hydrogen-bond acceptors (Lipinski definition) is 4. The van der Waals surface area contributed by atoms with E-state index in [2.05, 4.69) is 19.2 Å². The molecule has 1 saturated heterocycles. The highest BCUT2D eigenvalue weighted by Crippen LogP contribution is 2.14. The van der Waals surface area contributed by atoms with Gasteiger partial charge in [-0.25, -0.2) is 4.79 Å². The van der Waals surface area contributed by atoms with Gasteiger partial charge in [-0.15, -0.1) is 0 Å². The zero-order valence-corrected chi connectivity index (χ0v) is 12.5. The van der Waals surface area contributed by atoms with E-state index >= 15 is 0 Å². The largest absolute Gasteiger partial charge is 0.510 e. The van der Waals surface area contributed by atoms with Crippen LogP contribution in [0.15, 0.2) is 0 Å². The van der Waals surface area contributed by atoms with E-state index in [0.29, 0.717) is 0 Å². The Morgan fingerprint density at radius 3 is 2.68 bits per heavy atom. The van der Waals surface area contributed by atoms with Crippen LogP contribution < -0.4 is 5.32 Å². The highest BCUT2D eigenvalue weighted by atomic mass is 16.7. The fraction of sp³-hybridized carbons (Fsp3) is 0.933. The maximum absolute atomic E-state index is 11.6. The Morgan fingerprint density at radius 2 is 2.05 bits per heavy atom. The normalized spacial score (nSPS) is 20.2. The van der Waals surface area contributed by atoms with Crippen molar-refractivity contribution in [2.45, 2.75) is 84.0 Å². The van der Waals surface area contributed by atoms with Crippen LogP contribution >= 0.6 is 0 Å². The third kappa shape index (κ3) is 7.41. The van der Waals surface area contributed by atoms with Crippen LogP contribution in [0.1, 0.15) is 71.6 Å².